The lowest BCUT2D eigenvalue weighted by molar-refractivity contribution is 0.194. The Balaban J connectivity index is 2.06. The van der Waals surface area contributed by atoms with Gasteiger partial charge in [-0.3, -0.25) is 0 Å². The molecule has 0 aliphatic heterocycles. The zero-order chi connectivity index (χ0) is 10.7. The van der Waals surface area contributed by atoms with Crippen LogP contribution in [0.1, 0.15) is 63.3 Å². The largest absolute Gasteiger partial charge is 0.387 e. The van der Waals surface area contributed by atoms with Gasteiger partial charge in [0.25, 0.3) is 0 Å². The maximum Gasteiger partial charge on any atom is 0.111 e. The summed E-state index contributed by atoms with van der Waals surface area (Å²) >= 11 is 0. The van der Waals surface area contributed by atoms with Crippen molar-refractivity contribution in [1.82, 2.24) is 15.0 Å². The van der Waals surface area contributed by atoms with Crippen LogP contribution in [0.2, 0.25) is 0 Å². The number of nitrogens with zero attached hydrogens (tertiary/aromatic N) is 3. The third-order valence-corrected chi connectivity index (χ3v) is 3.15. The minimum Gasteiger partial charge on any atom is -0.387 e. The van der Waals surface area contributed by atoms with Gasteiger partial charge in [-0.1, -0.05) is 30.9 Å². The first kappa shape index (κ1) is 10.6. The van der Waals surface area contributed by atoms with E-state index in [1.165, 1.54) is 38.5 Å². The summed E-state index contributed by atoms with van der Waals surface area (Å²) in [7, 11) is 0. The third-order valence-electron chi connectivity index (χ3n) is 3.15. The number of rotatable bonds is 2. The molecule has 0 aromatic carbocycles. The van der Waals surface area contributed by atoms with Crippen LogP contribution in [0.4, 0.5) is 0 Å². The zero-order valence-corrected chi connectivity index (χ0v) is 9.26. The molecule has 2 rings (SSSR count). The van der Waals surface area contributed by atoms with E-state index >= 15 is 0 Å². The molecule has 0 saturated heterocycles. The van der Waals surface area contributed by atoms with Gasteiger partial charge in [-0.2, -0.15) is 0 Å². The molecule has 1 saturated carbocycles. The molecule has 1 aliphatic rings. The van der Waals surface area contributed by atoms with Crippen LogP contribution in [-0.2, 0) is 0 Å². The molecule has 1 heterocycles. The molecule has 0 amide bonds. The first-order valence-corrected chi connectivity index (χ1v) is 5.87. The molecular weight excluding hydrogens is 190 g/mol. The van der Waals surface area contributed by atoms with E-state index in [0.717, 1.165) is 0 Å². The van der Waals surface area contributed by atoms with Crippen molar-refractivity contribution in [2.75, 3.05) is 0 Å². The Morgan fingerprint density at radius 3 is 2.53 bits per heavy atom. The molecule has 15 heavy (non-hydrogen) atoms. The summed E-state index contributed by atoms with van der Waals surface area (Å²) in [5, 5.41) is 17.5. The van der Waals surface area contributed by atoms with Crippen LogP contribution in [0, 0.1) is 0 Å². The lowest BCUT2D eigenvalue weighted by Gasteiger charge is -2.13. The maximum atomic E-state index is 9.38. The Morgan fingerprint density at radius 1 is 1.33 bits per heavy atom. The number of aliphatic hydroxyl groups is 1. The van der Waals surface area contributed by atoms with Gasteiger partial charge in [-0.25, -0.2) is 4.68 Å². The van der Waals surface area contributed by atoms with Gasteiger partial charge >= 0.3 is 0 Å². The minimum absolute atomic E-state index is 0.493. The topological polar surface area (TPSA) is 50.9 Å². The first-order chi connectivity index (χ1) is 7.27. The van der Waals surface area contributed by atoms with E-state index in [1.807, 2.05) is 10.9 Å². The van der Waals surface area contributed by atoms with Gasteiger partial charge in [-0.05, 0) is 19.8 Å². The summed E-state index contributed by atoms with van der Waals surface area (Å²) in [5.41, 5.74) is 0.680. The van der Waals surface area contributed by atoms with Crippen LogP contribution < -0.4 is 0 Å². The van der Waals surface area contributed by atoms with E-state index < -0.39 is 6.10 Å². The molecule has 1 aromatic rings. The monoisotopic (exact) mass is 209 g/mol. The van der Waals surface area contributed by atoms with Crippen molar-refractivity contribution < 1.29 is 5.11 Å². The molecule has 0 bridgehead atoms. The Labute approximate surface area is 90.3 Å². The van der Waals surface area contributed by atoms with Gasteiger partial charge in [0.05, 0.1) is 18.3 Å². The van der Waals surface area contributed by atoms with E-state index in [2.05, 4.69) is 10.3 Å². The van der Waals surface area contributed by atoms with E-state index in [9.17, 15) is 5.11 Å². The minimum atomic E-state index is -0.510. The summed E-state index contributed by atoms with van der Waals surface area (Å²) in [6, 6.07) is 0.493. The van der Waals surface area contributed by atoms with Gasteiger partial charge in [0.2, 0.25) is 0 Å². The molecule has 0 spiro atoms. The summed E-state index contributed by atoms with van der Waals surface area (Å²) in [6.45, 7) is 1.72. The second-order valence-corrected chi connectivity index (χ2v) is 4.44. The summed E-state index contributed by atoms with van der Waals surface area (Å²) in [5.74, 6) is 0. The fourth-order valence-electron chi connectivity index (χ4n) is 2.18. The van der Waals surface area contributed by atoms with Crippen molar-refractivity contribution in [3.8, 4) is 0 Å². The normalized spacial score (nSPS) is 21.2. The van der Waals surface area contributed by atoms with Crippen LogP contribution in [-0.4, -0.2) is 20.1 Å². The van der Waals surface area contributed by atoms with Gasteiger partial charge in [0.15, 0.2) is 0 Å². The SMILES string of the molecule is CC(O)c1cn(C2CCCCCC2)nn1. The highest BCUT2D eigenvalue weighted by Gasteiger charge is 2.16. The summed E-state index contributed by atoms with van der Waals surface area (Å²) in [4.78, 5) is 0. The molecule has 1 unspecified atom stereocenters. The van der Waals surface area contributed by atoms with E-state index in [1.54, 1.807) is 6.92 Å². The molecule has 0 radical (unpaired) electrons. The Morgan fingerprint density at radius 2 is 2.00 bits per heavy atom. The fraction of sp³-hybridized carbons (Fsp3) is 0.818. The second-order valence-electron chi connectivity index (χ2n) is 4.44. The molecule has 84 valence electrons. The van der Waals surface area contributed by atoms with Gasteiger partial charge < -0.3 is 5.11 Å². The highest BCUT2D eigenvalue weighted by Crippen LogP contribution is 2.26. The second kappa shape index (κ2) is 4.75. The summed E-state index contributed by atoms with van der Waals surface area (Å²) in [6.07, 6.45) is 9.03. The van der Waals surface area contributed by atoms with Gasteiger partial charge in [0.1, 0.15) is 5.69 Å². The number of hydrogen-bond acceptors (Lipinski definition) is 3. The highest BCUT2D eigenvalue weighted by molar-refractivity contribution is 4.96. The van der Waals surface area contributed by atoms with E-state index in [4.69, 9.17) is 0 Å². The van der Waals surface area contributed by atoms with Crippen LogP contribution in [0.25, 0.3) is 0 Å². The standard InChI is InChI=1S/C11H19N3O/c1-9(15)11-8-14(13-12-11)10-6-4-2-3-5-7-10/h8-10,15H,2-7H2,1H3. The van der Waals surface area contributed by atoms with Crippen LogP contribution in [0.15, 0.2) is 6.20 Å². The van der Waals surface area contributed by atoms with Crippen molar-refractivity contribution >= 4 is 0 Å². The van der Waals surface area contributed by atoms with E-state index in [-0.39, 0.29) is 0 Å². The molecule has 1 atom stereocenters. The summed E-state index contributed by atoms with van der Waals surface area (Å²) < 4.78 is 1.94. The lowest BCUT2D eigenvalue weighted by atomic mass is 10.1. The van der Waals surface area contributed by atoms with Crippen LogP contribution in [0.5, 0.6) is 0 Å². The quantitative estimate of drug-likeness (QED) is 0.760. The predicted octanol–water partition coefficient (Wildman–Crippen LogP) is 2.23. The Bertz CT molecular complexity index is 301. The van der Waals surface area contributed by atoms with Crippen molar-refractivity contribution in [3.05, 3.63) is 11.9 Å². The van der Waals surface area contributed by atoms with Crippen molar-refractivity contribution in [2.24, 2.45) is 0 Å². The molecule has 1 fully saturated rings. The fourth-order valence-corrected chi connectivity index (χ4v) is 2.18. The zero-order valence-electron chi connectivity index (χ0n) is 9.26. The molecule has 4 nitrogen and oxygen atoms in total. The Kier molecular flexibility index (Phi) is 3.36. The molecule has 1 aliphatic carbocycles. The average Bonchev–Trinajstić information content (AvgIpc) is 2.55. The van der Waals surface area contributed by atoms with Crippen molar-refractivity contribution in [3.63, 3.8) is 0 Å². The van der Waals surface area contributed by atoms with Crippen LogP contribution >= 0.6 is 0 Å². The maximum absolute atomic E-state index is 9.38. The predicted molar refractivity (Wildman–Crippen MR) is 57.4 cm³/mol. The van der Waals surface area contributed by atoms with Gasteiger partial charge in [-0.15, -0.1) is 5.10 Å². The first-order valence-electron chi connectivity index (χ1n) is 5.87. The van der Waals surface area contributed by atoms with Crippen molar-refractivity contribution in [2.45, 2.75) is 57.6 Å². The smallest absolute Gasteiger partial charge is 0.111 e. The van der Waals surface area contributed by atoms with E-state index in [0.29, 0.717) is 11.7 Å². The molecular formula is C11H19N3O. The van der Waals surface area contributed by atoms with Crippen LogP contribution in [0.3, 0.4) is 0 Å². The number of aromatic nitrogens is 3. The molecule has 4 heteroatoms. The molecule has 1 aromatic heterocycles. The third kappa shape index (κ3) is 2.56. The highest BCUT2D eigenvalue weighted by atomic mass is 16.3. The number of aliphatic hydroxyl groups excluding tert-OH is 1. The Hall–Kier alpha value is -0.900. The molecule has 1 N–H and O–H groups in total. The van der Waals surface area contributed by atoms with Gasteiger partial charge in [0, 0.05) is 0 Å². The number of hydrogen-bond donors (Lipinski definition) is 1. The lowest BCUT2D eigenvalue weighted by Crippen LogP contribution is -2.08. The average molecular weight is 209 g/mol. The van der Waals surface area contributed by atoms with Crippen molar-refractivity contribution in [1.29, 1.82) is 0 Å².